The third-order valence-corrected chi connectivity index (χ3v) is 6.99. The lowest BCUT2D eigenvalue weighted by Gasteiger charge is -2.36. The Morgan fingerprint density at radius 2 is 1.00 bits per heavy atom. The summed E-state index contributed by atoms with van der Waals surface area (Å²) in [6, 6.07) is 7.58. The summed E-state index contributed by atoms with van der Waals surface area (Å²) in [5.74, 6) is 0.628. The molecule has 0 nitrogen and oxygen atoms in total. The first kappa shape index (κ1) is 23.3. The van der Waals surface area contributed by atoms with Crippen LogP contribution in [0.25, 0.3) is 0 Å². The number of benzene rings is 1. The number of hydrogen-bond acceptors (Lipinski definition) is 0. The smallest absolute Gasteiger partial charge is 0.00804 e. The molecule has 0 radical (unpaired) electrons. The van der Waals surface area contributed by atoms with Crippen LogP contribution in [0.3, 0.4) is 0 Å². The fourth-order valence-electron chi connectivity index (χ4n) is 3.64. The van der Waals surface area contributed by atoms with Crippen LogP contribution in [-0.2, 0) is 16.2 Å². The Balaban J connectivity index is 3.49. The van der Waals surface area contributed by atoms with E-state index in [1.165, 1.54) is 55.2 Å². The Bertz CT molecular complexity index is 519. The molecule has 26 heavy (non-hydrogen) atoms. The molecule has 0 aliphatic rings. The summed E-state index contributed by atoms with van der Waals surface area (Å²) in [4.78, 5) is 0. The zero-order valence-electron chi connectivity index (χ0n) is 19.6. The molecule has 0 saturated heterocycles. The molecule has 1 rings (SSSR count). The van der Waals surface area contributed by atoms with Crippen molar-refractivity contribution >= 4 is 0 Å². The van der Waals surface area contributed by atoms with E-state index in [2.05, 4.69) is 87.4 Å². The van der Waals surface area contributed by atoms with Gasteiger partial charge in [-0.2, -0.15) is 0 Å². The van der Waals surface area contributed by atoms with Crippen molar-refractivity contribution in [3.05, 3.63) is 34.9 Å². The lowest BCUT2D eigenvalue weighted by atomic mass is 9.69. The average molecular weight is 359 g/mol. The van der Waals surface area contributed by atoms with E-state index in [9.17, 15) is 0 Å². The van der Waals surface area contributed by atoms with Gasteiger partial charge in [-0.25, -0.2) is 0 Å². The molecular formula is C26H46. The number of hydrogen-bond donors (Lipinski definition) is 0. The van der Waals surface area contributed by atoms with Crippen molar-refractivity contribution in [2.24, 2.45) is 5.92 Å². The van der Waals surface area contributed by atoms with Gasteiger partial charge in [0.25, 0.3) is 0 Å². The fourth-order valence-corrected chi connectivity index (χ4v) is 3.64. The van der Waals surface area contributed by atoms with E-state index in [1.807, 2.05) is 0 Å². The Kier molecular flexibility index (Phi) is 8.00. The van der Waals surface area contributed by atoms with Gasteiger partial charge in [0.2, 0.25) is 0 Å². The molecule has 1 aromatic carbocycles. The van der Waals surface area contributed by atoms with Crippen LogP contribution in [0, 0.1) is 5.92 Å². The van der Waals surface area contributed by atoms with Crippen molar-refractivity contribution in [2.45, 2.75) is 124 Å². The molecule has 150 valence electrons. The van der Waals surface area contributed by atoms with Crippen molar-refractivity contribution < 1.29 is 0 Å². The van der Waals surface area contributed by atoms with Crippen LogP contribution in [-0.4, -0.2) is 0 Å². The van der Waals surface area contributed by atoms with Crippen molar-refractivity contribution in [3.8, 4) is 0 Å². The highest BCUT2D eigenvalue weighted by atomic mass is 14.4. The molecule has 0 N–H and O–H groups in total. The maximum atomic E-state index is 2.53. The highest BCUT2D eigenvalue weighted by molar-refractivity contribution is 5.41. The lowest BCUT2D eigenvalue weighted by Crippen LogP contribution is -2.28. The van der Waals surface area contributed by atoms with E-state index < -0.39 is 0 Å². The van der Waals surface area contributed by atoms with Crippen LogP contribution < -0.4 is 0 Å². The SMILES string of the molecule is CCCCC(C)(C)c1cc(C(C)(C)CCCC)cc(C(C)(C)C(C)C)c1. The highest BCUT2D eigenvalue weighted by Crippen LogP contribution is 2.40. The Labute approximate surface area is 165 Å². The van der Waals surface area contributed by atoms with Crippen LogP contribution in [0.2, 0.25) is 0 Å². The average Bonchev–Trinajstić information content (AvgIpc) is 2.57. The quantitative estimate of drug-likeness (QED) is 0.393. The number of rotatable bonds is 10. The molecule has 0 aromatic heterocycles. The van der Waals surface area contributed by atoms with Gasteiger partial charge in [-0.1, -0.05) is 113 Å². The maximum Gasteiger partial charge on any atom is -0.00804 e. The van der Waals surface area contributed by atoms with Crippen molar-refractivity contribution in [3.63, 3.8) is 0 Å². The third kappa shape index (κ3) is 5.61. The Morgan fingerprint density at radius 1 is 0.654 bits per heavy atom. The van der Waals surface area contributed by atoms with Gasteiger partial charge in [0.15, 0.2) is 0 Å². The van der Waals surface area contributed by atoms with Crippen LogP contribution in [0.5, 0.6) is 0 Å². The predicted octanol–water partition coefficient (Wildman–Crippen LogP) is 8.56. The standard InChI is InChI=1S/C26H46/c1-11-13-15-24(5,6)21-17-22(25(7,8)16-14-12-2)19-23(18-21)26(9,10)20(3)4/h17-20H,11-16H2,1-10H3. The molecule has 0 aliphatic carbocycles. The molecule has 0 spiro atoms. The first-order valence-corrected chi connectivity index (χ1v) is 11.0. The summed E-state index contributed by atoms with van der Waals surface area (Å²) in [6.07, 6.45) is 7.69. The van der Waals surface area contributed by atoms with E-state index >= 15 is 0 Å². The summed E-state index contributed by atoms with van der Waals surface area (Å²) in [5.41, 5.74) is 5.29. The molecule has 1 aromatic rings. The normalized spacial score (nSPS) is 13.5. The molecular weight excluding hydrogens is 312 g/mol. The van der Waals surface area contributed by atoms with E-state index in [0.29, 0.717) is 5.92 Å². The maximum absolute atomic E-state index is 2.53. The van der Waals surface area contributed by atoms with E-state index in [1.54, 1.807) is 0 Å². The minimum Gasteiger partial charge on any atom is -0.0654 e. The minimum absolute atomic E-state index is 0.201. The second-order valence-electron chi connectivity index (χ2n) is 10.7. The van der Waals surface area contributed by atoms with Gasteiger partial charge >= 0.3 is 0 Å². The second kappa shape index (κ2) is 8.94. The Hall–Kier alpha value is -0.780. The predicted molar refractivity (Wildman–Crippen MR) is 119 cm³/mol. The number of unbranched alkanes of at least 4 members (excludes halogenated alkanes) is 2. The molecule has 0 saturated carbocycles. The molecule has 0 heteroatoms. The van der Waals surface area contributed by atoms with Crippen LogP contribution >= 0.6 is 0 Å². The van der Waals surface area contributed by atoms with E-state index in [4.69, 9.17) is 0 Å². The van der Waals surface area contributed by atoms with Crippen LogP contribution in [0.15, 0.2) is 18.2 Å². The molecule has 0 heterocycles. The summed E-state index contributed by atoms with van der Waals surface area (Å²) in [6.45, 7) is 23.9. The zero-order valence-corrected chi connectivity index (χ0v) is 19.6. The molecule has 0 unspecified atom stereocenters. The summed E-state index contributed by atoms with van der Waals surface area (Å²) >= 11 is 0. The van der Waals surface area contributed by atoms with Crippen molar-refractivity contribution in [1.82, 2.24) is 0 Å². The van der Waals surface area contributed by atoms with E-state index in [-0.39, 0.29) is 16.2 Å². The monoisotopic (exact) mass is 358 g/mol. The summed E-state index contributed by atoms with van der Waals surface area (Å²) in [7, 11) is 0. The van der Waals surface area contributed by atoms with Crippen LogP contribution in [0.1, 0.15) is 124 Å². The van der Waals surface area contributed by atoms with Gasteiger partial charge in [-0.05, 0) is 51.7 Å². The third-order valence-electron chi connectivity index (χ3n) is 6.99. The van der Waals surface area contributed by atoms with Gasteiger partial charge in [-0.3, -0.25) is 0 Å². The van der Waals surface area contributed by atoms with Gasteiger partial charge in [0.05, 0.1) is 0 Å². The highest BCUT2D eigenvalue weighted by Gasteiger charge is 2.31. The molecule has 0 bridgehead atoms. The molecule has 0 amide bonds. The molecule has 0 fully saturated rings. The zero-order chi connectivity index (χ0) is 20.2. The van der Waals surface area contributed by atoms with Crippen molar-refractivity contribution in [1.29, 1.82) is 0 Å². The first-order valence-electron chi connectivity index (χ1n) is 11.0. The lowest BCUT2D eigenvalue weighted by molar-refractivity contribution is 0.368. The van der Waals surface area contributed by atoms with Crippen molar-refractivity contribution in [2.75, 3.05) is 0 Å². The van der Waals surface area contributed by atoms with E-state index in [0.717, 1.165) is 0 Å². The second-order valence-corrected chi connectivity index (χ2v) is 10.7. The Morgan fingerprint density at radius 3 is 1.31 bits per heavy atom. The summed E-state index contributed by atoms with van der Waals surface area (Å²) < 4.78 is 0. The molecule has 0 atom stereocenters. The fraction of sp³-hybridized carbons (Fsp3) is 0.769. The van der Waals surface area contributed by atoms with Gasteiger partial charge in [0, 0.05) is 0 Å². The molecule has 0 aliphatic heterocycles. The summed E-state index contributed by atoms with van der Waals surface area (Å²) in [5, 5.41) is 0. The topological polar surface area (TPSA) is 0 Å². The van der Waals surface area contributed by atoms with Gasteiger partial charge in [0.1, 0.15) is 0 Å². The van der Waals surface area contributed by atoms with Gasteiger partial charge < -0.3 is 0 Å². The van der Waals surface area contributed by atoms with Gasteiger partial charge in [-0.15, -0.1) is 0 Å². The largest absolute Gasteiger partial charge is 0.0654 e. The van der Waals surface area contributed by atoms with Crippen LogP contribution in [0.4, 0.5) is 0 Å². The minimum atomic E-state index is 0.201. The first-order chi connectivity index (χ1) is 11.9.